The average Bonchev–Trinajstić information content (AvgIpc) is 2.80. The summed E-state index contributed by atoms with van der Waals surface area (Å²) >= 11 is 0. The Bertz CT molecular complexity index is 708. The number of nitrogens with zero attached hydrogens (tertiary/aromatic N) is 1. The van der Waals surface area contributed by atoms with Crippen molar-refractivity contribution in [2.45, 2.75) is 13.8 Å². The predicted octanol–water partition coefficient (Wildman–Crippen LogP) is 2.37. The zero-order valence-corrected chi connectivity index (χ0v) is 11.8. The Labute approximate surface area is 124 Å². The van der Waals surface area contributed by atoms with Crippen LogP contribution < -0.4 is 5.32 Å². The van der Waals surface area contributed by atoms with Gasteiger partial charge in [-0.1, -0.05) is 5.16 Å². The normalized spacial score (nSPS) is 10.4. The number of carbonyl (C=O) groups is 2. The van der Waals surface area contributed by atoms with Crippen LogP contribution in [-0.4, -0.2) is 23.6 Å². The lowest BCUT2D eigenvalue weighted by Crippen LogP contribution is -2.22. The number of amides is 1. The van der Waals surface area contributed by atoms with Gasteiger partial charge in [-0.3, -0.25) is 4.79 Å². The summed E-state index contributed by atoms with van der Waals surface area (Å²) in [6.45, 7) is 2.42. The molecule has 1 aromatic heterocycles. The summed E-state index contributed by atoms with van der Waals surface area (Å²) in [5.74, 6) is -2.83. The highest BCUT2D eigenvalue weighted by Crippen LogP contribution is 2.16. The van der Waals surface area contributed by atoms with Gasteiger partial charge in [-0.25, -0.2) is 13.6 Å². The molecule has 0 saturated carbocycles. The van der Waals surface area contributed by atoms with Crippen molar-refractivity contribution in [1.29, 1.82) is 0 Å². The van der Waals surface area contributed by atoms with Gasteiger partial charge in [0.1, 0.15) is 23.0 Å². The molecule has 0 radical (unpaired) electrons. The van der Waals surface area contributed by atoms with Crippen LogP contribution in [0.25, 0.3) is 0 Å². The highest BCUT2D eigenvalue weighted by Gasteiger charge is 2.20. The third-order valence-electron chi connectivity index (χ3n) is 2.77. The van der Waals surface area contributed by atoms with Crippen LogP contribution in [0.1, 0.15) is 21.8 Å². The molecule has 116 valence electrons. The summed E-state index contributed by atoms with van der Waals surface area (Å²) in [7, 11) is 0. The Hall–Kier alpha value is -2.77. The van der Waals surface area contributed by atoms with E-state index in [0.717, 1.165) is 18.2 Å². The molecule has 0 saturated heterocycles. The smallest absolute Gasteiger partial charge is 0.344 e. The van der Waals surface area contributed by atoms with Crippen LogP contribution in [0.15, 0.2) is 22.7 Å². The molecule has 1 amide bonds. The average molecular weight is 310 g/mol. The second-order valence-electron chi connectivity index (χ2n) is 4.45. The molecule has 2 aromatic rings. The van der Waals surface area contributed by atoms with Gasteiger partial charge in [-0.05, 0) is 26.0 Å². The maximum atomic E-state index is 13.3. The van der Waals surface area contributed by atoms with E-state index in [1.54, 1.807) is 6.92 Å². The standard InChI is InChI=1S/C14H12F2N2O4/c1-7-13(8(2)22-18-7)14(20)21-6-12(19)17-11-5-9(15)3-4-10(11)16/h3-5H,6H2,1-2H3,(H,17,19). The van der Waals surface area contributed by atoms with Crippen LogP contribution in [0.3, 0.4) is 0 Å². The van der Waals surface area contributed by atoms with Gasteiger partial charge in [0.05, 0.1) is 11.4 Å². The Morgan fingerprint density at radius 2 is 2.05 bits per heavy atom. The largest absolute Gasteiger partial charge is 0.452 e. The van der Waals surface area contributed by atoms with Gasteiger partial charge in [-0.15, -0.1) is 0 Å². The van der Waals surface area contributed by atoms with Gasteiger partial charge >= 0.3 is 5.97 Å². The molecule has 1 N–H and O–H groups in total. The summed E-state index contributed by atoms with van der Waals surface area (Å²) in [6.07, 6.45) is 0. The van der Waals surface area contributed by atoms with Crippen molar-refractivity contribution in [1.82, 2.24) is 5.16 Å². The molecule has 8 heteroatoms. The molecular weight excluding hydrogens is 298 g/mol. The Morgan fingerprint density at radius 3 is 2.68 bits per heavy atom. The van der Waals surface area contributed by atoms with E-state index in [1.807, 2.05) is 0 Å². The van der Waals surface area contributed by atoms with Crippen LogP contribution in [0, 0.1) is 25.5 Å². The Balaban J connectivity index is 1.96. The number of ether oxygens (including phenoxy) is 1. The van der Waals surface area contributed by atoms with E-state index in [2.05, 4.69) is 10.5 Å². The molecule has 0 fully saturated rings. The topological polar surface area (TPSA) is 81.4 Å². The third-order valence-corrected chi connectivity index (χ3v) is 2.77. The zero-order valence-electron chi connectivity index (χ0n) is 11.8. The molecule has 0 bridgehead atoms. The van der Waals surface area contributed by atoms with Gasteiger partial charge in [0.15, 0.2) is 6.61 Å². The zero-order chi connectivity index (χ0) is 16.3. The van der Waals surface area contributed by atoms with E-state index >= 15 is 0 Å². The number of hydrogen-bond donors (Lipinski definition) is 1. The van der Waals surface area contributed by atoms with Gasteiger partial charge in [0.25, 0.3) is 5.91 Å². The van der Waals surface area contributed by atoms with Crippen molar-refractivity contribution in [3.05, 3.63) is 46.9 Å². The highest BCUT2D eigenvalue weighted by molar-refractivity contribution is 5.96. The van der Waals surface area contributed by atoms with Crippen LogP contribution in [0.2, 0.25) is 0 Å². The fraction of sp³-hybridized carbons (Fsp3) is 0.214. The lowest BCUT2D eigenvalue weighted by Gasteiger charge is -2.07. The molecule has 1 aromatic carbocycles. The van der Waals surface area contributed by atoms with E-state index in [0.29, 0.717) is 5.69 Å². The minimum atomic E-state index is -0.801. The van der Waals surface area contributed by atoms with Crippen molar-refractivity contribution >= 4 is 17.6 Å². The number of anilines is 1. The molecule has 1 heterocycles. The number of hydrogen-bond acceptors (Lipinski definition) is 5. The number of benzene rings is 1. The van der Waals surface area contributed by atoms with E-state index in [1.165, 1.54) is 6.92 Å². The monoisotopic (exact) mass is 310 g/mol. The van der Waals surface area contributed by atoms with E-state index in [4.69, 9.17) is 9.26 Å². The molecule has 0 aliphatic heterocycles. The molecule has 0 aliphatic rings. The number of aryl methyl sites for hydroxylation is 2. The molecular formula is C14H12F2N2O4. The maximum Gasteiger partial charge on any atom is 0.344 e. The summed E-state index contributed by atoms with van der Waals surface area (Å²) in [5.41, 5.74) is 0.127. The number of carbonyl (C=O) groups excluding carboxylic acids is 2. The van der Waals surface area contributed by atoms with Crippen LogP contribution in [0.5, 0.6) is 0 Å². The van der Waals surface area contributed by atoms with Gasteiger partial charge < -0.3 is 14.6 Å². The minimum absolute atomic E-state index is 0.129. The summed E-state index contributed by atoms with van der Waals surface area (Å²) < 4.78 is 35.9. The van der Waals surface area contributed by atoms with Crippen LogP contribution >= 0.6 is 0 Å². The quantitative estimate of drug-likeness (QED) is 0.877. The Kier molecular flexibility index (Phi) is 4.50. The second-order valence-corrected chi connectivity index (χ2v) is 4.45. The van der Waals surface area contributed by atoms with E-state index in [9.17, 15) is 18.4 Å². The molecule has 22 heavy (non-hydrogen) atoms. The van der Waals surface area contributed by atoms with Crippen molar-refractivity contribution in [3.8, 4) is 0 Å². The first kappa shape index (κ1) is 15.6. The molecule has 0 atom stereocenters. The lowest BCUT2D eigenvalue weighted by atomic mass is 10.2. The van der Waals surface area contributed by atoms with Crippen molar-refractivity contribution in [3.63, 3.8) is 0 Å². The number of esters is 1. The van der Waals surface area contributed by atoms with Crippen molar-refractivity contribution in [2.24, 2.45) is 0 Å². The molecule has 6 nitrogen and oxygen atoms in total. The highest BCUT2D eigenvalue weighted by atomic mass is 19.1. The first-order chi connectivity index (χ1) is 10.4. The number of nitrogens with one attached hydrogen (secondary N) is 1. The third kappa shape index (κ3) is 3.46. The van der Waals surface area contributed by atoms with Gasteiger partial charge in [0, 0.05) is 6.07 Å². The molecule has 2 rings (SSSR count). The first-order valence-corrected chi connectivity index (χ1v) is 6.23. The summed E-state index contributed by atoms with van der Waals surface area (Å²) in [4.78, 5) is 23.4. The summed E-state index contributed by atoms with van der Waals surface area (Å²) in [5, 5.41) is 5.70. The van der Waals surface area contributed by atoms with Crippen LogP contribution in [-0.2, 0) is 9.53 Å². The molecule has 0 aliphatic carbocycles. The van der Waals surface area contributed by atoms with Crippen LogP contribution in [0.4, 0.5) is 14.5 Å². The van der Waals surface area contributed by atoms with Crippen molar-refractivity contribution in [2.75, 3.05) is 11.9 Å². The Morgan fingerprint density at radius 1 is 1.32 bits per heavy atom. The summed E-state index contributed by atoms with van der Waals surface area (Å²) in [6, 6.07) is 2.62. The number of aromatic nitrogens is 1. The van der Waals surface area contributed by atoms with Gasteiger partial charge in [0.2, 0.25) is 0 Å². The number of halogens is 2. The van der Waals surface area contributed by atoms with Crippen molar-refractivity contribution < 1.29 is 27.6 Å². The first-order valence-electron chi connectivity index (χ1n) is 6.23. The fourth-order valence-corrected chi connectivity index (χ4v) is 1.76. The lowest BCUT2D eigenvalue weighted by molar-refractivity contribution is -0.119. The van der Waals surface area contributed by atoms with E-state index < -0.39 is 30.1 Å². The number of rotatable bonds is 4. The van der Waals surface area contributed by atoms with E-state index in [-0.39, 0.29) is 17.0 Å². The molecule has 0 unspecified atom stereocenters. The molecule has 0 spiro atoms. The maximum absolute atomic E-state index is 13.3. The minimum Gasteiger partial charge on any atom is -0.452 e. The predicted molar refractivity (Wildman–Crippen MR) is 71.2 cm³/mol. The SMILES string of the molecule is Cc1noc(C)c1C(=O)OCC(=O)Nc1cc(F)ccc1F. The fourth-order valence-electron chi connectivity index (χ4n) is 1.76. The second kappa shape index (κ2) is 6.33. The van der Waals surface area contributed by atoms with Gasteiger partial charge in [-0.2, -0.15) is 0 Å².